The van der Waals surface area contributed by atoms with E-state index in [1.807, 2.05) is 25.4 Å². The fourth-order valence-electron chi connectivity index (χ4n) is 2.00. The van der Waals surface area contributed by atoms with Crippen molar-refractivity contribution in [2.75, 3.05) is 5.73 Å². The summed E-state index contributed by atoms with van der Waals surface area (Å²) in [5.74, 6) is 0.670. The highest BCUT2D eigenvalue weighted by atomic mass is 79.9. The Morgan fingerprint density at radius 2 is 2.18 bits per heavy atom. The molecule has 86 valence electrons. The van der Waals surface area contributed by atoms with Gasteiger partial charge in [0, 0.05) is 34.2 Å². The van der Waals surface area contributed by atoms with Crippen LogP contribution in [0.1, 0.15) is 0 Å². The second-order valence-corrected chi connectivity index (χ2v) is 4.79. The molecule has 17 heavy (non-hydrogen) atoms. The maximum absolute atomic E-state index is 6.01. The largest absolute Gasteiger partial charge is 0.383 e. The van der Waals surface area contributed by atoms with Crippen molar-refractivity contribution >= 4 is 32.7 Å². The number of aryl methyl sites for hydroxylation is 1. The summed E-state index contributed by atoms with van der Waals surface area (Å²) in [6.07, 6.45) is 3.72. The molecule has 0 aliphatic rings. The smallest absolute Gasteiger partial charge is 0.129 e. The highest BCUT2D eigenvalue weighted by Crippen LogP contribution is 2.34. The number of hydrogen-bond acceptors (Lipinski definition) is 2. The van der Waals surface area contributed by atoms with Gasteiger partial charge in [-0.3, -0.25) is 4.68 Å². The average Bonchev–Trinajstić information content (AvgIpc) is 2.86. The minimum absolute atomic E-state index is 0.670. The lowest BCUT2D eigenvalue weighted by atomic mass is 10.1. The van der Waals surface area contributed by atoms with E-state index < -0.39 is 0 Å². The lowest BCUT2D eigenvalue weighted by molar-refractivity contribution is 0.779. The van der Waals surface area contributed by atoms with Gasteiger partial charge in [-0.05, 0) is 15.9 Å². The number of para-hydroxylation sites is 1. The predicted molar refractivity (Wildman–Crippen MR) is 72.6 cm³/mol. The molecule has 0 spiro atoms. The Kier molecular flexibility index (Phi) is 2.22. The van der Waals surface area contributed by atoms with Gasteiger partial charge in [0.25, 0.3) is 0 Å². The van der Waals surface area contributed by atoms with Crippen LogP contribution in [0.4, 0.5) is 5.82 Å². The molecule has 0 atom stereocenters. The summed E-state index contributed by atoms with van der Waals surface area (Å²) < 4.78 is 2.73. The first kappa shape index (κ1) is 10.4. The SMILES string of the molecule is Cn1ncc(-c2cccc3c(Br)c[nH]c23)c1N. The fraction of sp³-hybridized carbons (Fsp3) is 0.0833. The van der Waals surface area contributed by atoms with Crippen molar-refractivity contribution < 1.29 is 0 Å². The summed E-state index contributed by atoms with van der Waals surface area (Å²) in [7, 11) is 1.84. The van der Waals surface area contributed by atoms with Crippen molar-refractivity contribution in [2.45, 2.75) is 0 Å². The van der Waals surface area contributed by atoms with Crippen LogP contribution in [0.2, 0.25) is 0 Å². The molecule has 0 unspecified atom stereocenters. The van der Waals surface area contributed by atoms with Crippen molar-refractivity contribution in [3.8, 4) is 11.1 Å². The fourth-order valence-corrected chi connectivity index (χ4v) is 2.44. The number of nitrogens with two attached hydrogens (primary N) is 1. The summed E-state index contributed by atoms with van der Waals surface area (Å²) >= 11 is 3.51. The molecule has 0 saturated heterocycles. The lowest BCUT2D eigenvalue weighted by Gasteiger charge is -2.02. The summed E-state index contributed by atoms with van der Waals surface area (Å²) in [6.45, 7) is 0. The van der Waals surface area contributed by atoms with Gasteiger partial charge in [0.15, 0.2) is 0 Å². The molecule has 2 heterocycles. The number of nitrogens with one attached hydrogen (secondary N) is 1. The first-order valence-corrected chi connectivity index (χ1v) is 6.01. The third-order valence-electron chi connectivity index (χ3n) is 2.94. The zero-order valence-electron chi connectivity index (χ0n) is 9.24. The summed E-state index contributed by atoms with van der Waals surface area (Å²) in [5, 5.41) is 5.32. The summed E-state index contributed by atoms with van der Waals surface area (Å²) in [5.41, 5.74) is 9.10. The lowest BCUT2D eigenvalue weighted by Crippen LogP contribution is -1.98. The van der Waals surface area contributed by atoms with Gasteiger partial charge in [0.1, 0.15) is 5.82 Å². The van der Waals surface area contributed by atoms with Gasteiger partial charge in [-0.2, -0.15) is 5.10 Å². The number of rotatable bonds is 1. The number of nitrogens with zero attached hydrogens (tertiary/aromatic N) is 2. The van der Waals surface area contributed by atoms with E-state index in [-0.39, 0.29) is 0 Å². The normalized spacial score (nSPS) is 11.2. The molecule has 2 aromatic heterocycles. The van der Waals surface area contributed by atoms with E-state index in [0.29, 0.717) is 5.82 Å². The van der Waals surface area contributed by atoms with E-state index in [4.69, 9.17) is 5.73 Å². The van der Waals surface area contributed by atoms with Crippen molar-refractivity contribution in [1.29, 1.82) is 0 Å². The molecular weight excluding hydrogens is 280 g/mol. The standard InChI is InChI=1S/C12H11BrN4/c1-17-12(14)9(5-16-17)7-3-2-4-8-10(13)6-15-11(7)8/h2-6,15H,14H2,1H3. The number of anilines is 1. The number of halogens is 1. The highest BCUT2D eigenvalue weighted by molar-refractivity contribution is 9.10. The maximum Gasteiger partial charge on any atom is 0.129 e. The molecule has 0 radical (unpaired) electrons. The molecule has 5 heteroatoms. The summed E-state index contributed by atoms with van der Waals surface area (Å²) in [6, 6.07) is 6.12. The molecular formula is C12H11BrN4. The number of benzene rings is 1. The van der Waals surface area contributed by atoms with E-state index in [9.17, 15) is 0 Å². The number of hydrogen-bond donors (Lipinski definition) is 2. The van der Waals surface area contributed by atoms with E-state index in [2.05, 4.69) is 32.1 Å². The maximum atomic E-state index is 6.01. The van der Waals surface area contributed by atoms with E-state index in [1.165, 1.54) is 0 Å². The van der Waals surface area contributed by atoms with Gasteiger partial charge in [0.05, 0.1) is 11.7 Å². The molecule has 0 fully saturated rings. The molecule has 0 saturated carbocycles. The number of aromatic amines is 1. The molecule has 4 nitrogen and oxygen atoms in total. The zero-order valence-corrected chi connectivity index (χ0v) is 10.8. The average molecular weight is 291 g/mol. The molecule has 3 aromatic rings. The van der Waals surface area contributed by atoms with E-state index in [1.54, 1.807) is 10.9 Å². The van der Waals surface area contributed by atoms with Crippen LogP contribution in [0.5, 0.6) is 0 Å². The Morgan fingerprint density at radius 1 is 1.35 bits per heavy atom. The Balaban J connectivity index is 2.34. The first-order chi connectivity index (χ1) is 8.18. The van der Waals surface area contributed by atoms with Crippen LogP contribution in [0, 0.1) is 0 Å². The van der Waals surface area contributed by atoms with Gasteiger partial charge < -0.3 is 10.7 Å². The van der Waals surface area contributed by atoms with Crippen molar-refractivity contribution in [2.24, 2.45) is 7.05 Å². The van der Waals surface area contributed by atoms with E-state index in [0.717, 1.165) is 26.5 Å². The Labute approximate surface area is 107 Å². The molecule has 1 aromatic carbocycles. The van der Waals surface area contributed by atoms with Gasteiger partial charge >= 0.3 is 0 Å². The van der Waals surface area contributed by atoms with Crippen LogP contribution in [0.3, 0.4) is 0 Å². The second-order valence-electron chi connectivity index (χ2n) is 3.93. The van der Waals surface area contributed by atoms with Gasteiger partial charge in [-0.15, -0.1) is 0 Å². The predicted octanol–water partition coefficient (Wildman–Crippen LogP) is 2.91. The Hall–Kier alpha value is -1.75. The number of aromatic nitrogens is 3. The highest BCUT2D eigenvalue weighted by Gasteiger charge is 2.12. The van der Waals surface area contributed by atoms with Crippen molar-refractivity contribution in [1.82, 2.24) is 14.8 Å². The number of H-pyrrole nitrogens is 1. The molecule has 0 aliphatic heterocycles. The molecule has 3 N–H and O–H groups in total. The Bertz CT molecular complexity index is 696. The van der Waals surface area contributed by atoms with Crippen LogP contribution in [-0.2, 0) is 7.05 Å². The van der Waals surface area contributed by atoms with Crippen LogP contribution in [0.15, 0.2) is 35.1 Å². The summed E-state index contributed by atoms with van der Waals surface area (Å²) in [4.78, 5) is 3.25. The molecule has 3 rings (SSSR count). The minimum Gasteiger partial charge on any atom is -0.383 e. The van der Waals surface area contributed by atoms with E-state index >= 15 is 0 Å². The minimum atomic E-state index is 0.670. The molecule has 0 aliphatic carbocycles. The van der Waals surface area contributed by atoms with Crippen molar-refractivity contribution in [3.05, 3.63) is 35.1 Å². The van der Waals surface area contributed by atoms with Crippen LogP contribution >= 0.6 is 15.9 Å². The molecule has 0 amide bonds. The third-order valence-corrected chi connectivity index (χ3v) is 3.60. The third kappa shape index (κ3) is 1.46. The number of nitrogen functional groups attached to an aromatic ring is 1. The van der Waals surface area contributed by atoms with Gasteiger partial charge in [-0.25, -0.2) is 0 Å². The van der Waals surface area contributed by atoms with Gasteiger partial charge in [0.2, 0.25) is 0 Å². The quantitative estimate of drug-likeness (QED) is 0.724. The zero-order chi connectivity index (χ0) is 12.0. The second kappa shape index (κ2) is 3.63. The van der Waals surface area contributed by atoms with Gasteiger partial charge in [-0.1, -0.05) is 18.2 Å². The molecule has 0 bridgehead atoms. The van der Waals surface area contributed by atoms with Crippen LogP contribution < -0.4 is 5.73 Å². The monoisotopic (exact) mass is 290 g/mol. The topological polar surface area (TPSA) is 59.6 Å². The van der Waals surface area contributed by atoms with Crippen molar-refractivity contribution in [3.63, 3.8) is 0 Å². The van der Waals surface area contributed by atoms with Crippen LogP contribution in [0.25, 0.3) is 22.0 Å². The van der Waals surface area contributed by atoms with Crippen LogP contribution in [-0.4, -0.2) is 14.8 Å². The Morgan fingerprint density at radius 3 is 2.88 bits per heavy atom. The number of fused-ring (bicyclic) bond motifs is 1. The first-order valence-electron chi connectivity index (χ1n) is 5.22.